The second-order valence-corrected chi connectivity index (χ2v) is 6.71. The zero-order valence-corrected chi connectivity index (χ0v) is 12.3. The van der Waals surface area contributed by atoms with E-state index < -0.39 is 9.84 Å². The fourth-order valence-electron chi connectivity index (χ4n) is 2.07. The van der Waals surface area contributed by atoms with Crippen molar-refractivity contribution in [2.45, 2.75) is 30.6 Å². The van der Waals surface area contributed by atoms with E-state index in [1.807, 2.05) is 0 Å². The zero-order chi connectivity index (χ0) is 15.1. The molecule has 0 aliphatic heterocycles. The van der Waals surface area contributed by atoms with Crippen LogP contribution in [-0.2, 0) is 9.84 Å². The Hall–Kier alpha value is -2.01. The molecule has 5 heteroatoms. The Morgan fingerprint density at radius 3 is 2.10 bits per heavy atom. The lowest BCUT2D eigenvalue weighted by atomic mass is 10.1. The van der Waals surface area contributed by atoms with Gasteiger partial charge in [0.2, 0.25) is 9.84 Å². The summed E-state index contributed by atoms with van der Waals surface area (Å²) < 4.78 is 25.3. The van der Waals surface area contributed by atoms with Crippen LogP contribution in [0.1, 0.15) is 16.7 Å². The lowest BCUT2D eigenvalue weighted by molar-refractivity contribution is 0.449. The molecule has 0 radical (unpaired) electrons. The zero-order valence-electron chi connectivity index (χ0n) is 11.5. The summed E-state index contributed by atoms with van der Waals surface area (Å²) in [7, 11) is -3.97. The van der Waals surface area contributed by atoms with Gasteiger partial charge < -0.3 is 10.2 Å². The van der Waals surface area contributed by atoms with Crippen LogP contribution in [0, 0.1) is 20.8 Å². The first-order chi connectivity index (χ1) is 9.25. The molecule has 0 amide bonds. The van der Waals surface area contributed by atoms with Gasteiger partial charge in [0.25, 0.3) is 0 Å². The summed E-state index contributed by atoms with van der Waals surface area (Å²) in [5, 5.41) is 19.9. The number of rotatable bonds is 2. The van der Waals surface area contributed by atoms with E-state index in [4.69, 9.17) is 0 Å². The largest absolute Gasteiger partial charge is 0.507 e. The van der Waals surface area contributed by atoms with Gasteiger partial charge in [-0.2, -0.15) is 0 Å². The highest BCUT2D eigenvalue weighted by atomic mass is 32.2. The molecule has 0 bridgehead atoms. The van der Waals surface area contributed by atoms with Gasteiger partial charge in [-0.25, -0.2) is 8.42 Å². The van der Waals surface area contributed by atoms with Crippen LogP contribution >= 0.6 is 0 Å². The Labute approximate surface area is 118 Å². The molecule has 20 heavy (non-hydrogen) atoms. The summed E-state index contributed by atoms with van der Waals surface area (Å²) in [6.07, 6.45) is 0. The monoisotopic (exact) mass is 292 g/mol. The molecule has 106 valence electrons. The molecule has 2 N–H and O–H groups in total. The number of aryl methyl sites for hydroxylation is 3. The average Bonchev–Trinajstić information content (AvgIpc) is 2.33. The van der Waals surface area contributed by atoms with Crippen molar-refractivity contribution >= 4 is 9.84 Å². The standard InChI is InChI=1S/C15H16O4S/c1-9-4-7-13(12(16)8-9)20(18,19)15-11(3)6-5-10(2)14(15)17/h4-8,16-17H,1-3H3. The van der Waals surface area contributed by atoms with Crippen LogP contribution in [-0.4, -0.2) is 18.6 Å². The molecule has 0 spiro atoms. The smallest absolute Gasteiger partial charge is 0.214 e. The molecule has 4 nitrogen and oxygen atoms in total. The molecular formula is C15H16O4S. The summed E-state index contributed by atoms with van der Waals surface area (Å²) in [6, 6.07) is 7.62. The second-order valence-electron chi connectivity index (χ2n) is 4.85. The van der Waals surface area contributed by atoms with Crippen LogP contribution in [0.25, 0.3) is 0 Å². The summed E-state index contributed by atoms with van der Waals surface area (Å²) in [4.78, 5) is -0.358. The highest BCUT2D eigenvalue weighted by molar-refractivity contribution is 7.91. The molecule has 0 aromatic heterocycles. The Morgan fingerprint density at radius 2 is 1.50 bits per heavy atom. The van der Waals surface area contributed by atoms with E-state index in [-0.39, 0.29) is 21.3 Å². The topological polar surface area (TPSA) is 74.6 Å². The average molecular weight is 292 g/mol. The minimum Gasteiger partial charge on any atom is -0.507 e. The lowest BCUT2D eigenvalue weighted by Crippen LogP contribution is -2.06. The number of sulfone groups is 1. The molecule has 0 atom stereocenters. The molecule has 0 aliphatic rings. The van der Waals surface area contributed by atoms with Crippen LogP contribution < -0.4 is 0 Å². The van der Waals surface area contributed by atoms with Crippen molar-refractivity contribution in [2.75, 3.05) is 0 Å². The molecule has 0 aliphatic carbocycles. The van der Waals surface area contributed by atoms with Gasteiger partial charge in [-0.1, -0.05) is 18.2 Å². The first-order valence-corrected chi connectivity index (χ1v) is 7.57. The third-order valence-corrected chi connectivity index (χ3v) is 5.18. The molecule has 0 unspecified atom stereocenters. The van der Waals surface area contributed by atoms with Gasteiger partial charge in [0, 0.05) is 0 Å². The van der Waals surface area contributed by atoms with E-state index in [1.54, 1.807) is 39.0 Å². The quantitative estimate of drug-likeness (QED) is 0.892. The minimum atomic E-state index is -3.97. The highest BCUT2D eigenvalue weighted by Crippen LogP contribution is 2.37. The summed E-state index contributed by atoms with van der Waals surface area (Å²) in [6.45, 7) is 4.99. The first kappa shape index (κ1) is 14.4. The number of hydrogen-bond donors (Lipinski definition) is 2. The van der Waals surface area contributed by atoms with Crippen LogP contribution in [0.5, 0.6) is 11.5 Å². The number of phenolic OH excluding ortho intramolecular Hbond substituents is 2. The van der Waals surface area contributed by atoms with Crippen LogP contribution in [0.4, 0.5) is 0 Å². The third kappa shape index (κ3) is 2.25. The van der Waals surface area contributed by atoms with Crippen molar-refractivity contribution in [2.24, 2.45) is 0 Å². The molecule has 2 rings (SSSR count). The molecule has 0 saturated heterocycles. The van der Waals surface area contributed by atoms with E-state index in [2.05, 4.69) is 0 Å². The van der Waals surface area contributed by atoms with Gasteiger partial charge in [0.05, 0.1) is 0 Å². The Bertz CT molecular complexity index is 777. The van der Waals surface area contributed by atoms with Gasteiger partial charge in [0.1, 0.15) is 21.3 Å². The maximum atomic E-state index is 12.6. The predicted octanol–water partition coefficient (Wildman–Crippen LogP) is 2.86. The van der Waals surface area contributed by atoms with E-state index in [0.29, 0.717) is 11.1 Å². The van der Waals surface area contributed by atoms with Crippen molar-refractivity contribution < 1.29 is 18.6 Å². The number of phenols is 2. The molecule has 2 aromatic rings. The predicted molar refractivity (Wildman–Crippen MR) is 75.9 cm³/mol. The van der Waals surface area contributed by atoms with E-state index in [9.17, 15) is 18.6 Å². The van der Waals surface area contributed by atoms with Gasteiger partial charge in [-0.05, 0) is 49.6 Å². The maximum absolute atomic E-state index is 12.6. The SMILES string of the molecule is Cc1ccc(S(=O)(=O)c2c(C)ccc(C)c2O)c(O)c1. The van der Waals surface area contributed by atoms with Gasteiger partial charge in [0.15, 0.2) is 0 Å². The maximum Gasteiger partial charge on any atom is 0.214 e. The third-order valence-electron chi connectivity index (χ3n) is 3.20. The molecule has 0 heterocycles. The fraction of sp³-hybridized carbons (Fsp3) is 0.200. The van der Waals surface area contributed by atoms with Crippen LogP contribution in [0.2, 0.25) is 0 Å². The van der Waals surface area contributed by atoms with E-state index in [0.717, 1.165) is 5.56 Å². The van der Waals surface area contributed by atoms with Crippen LogP contribution in [0.3, 0.4) is 0 Å². The molecular weight excluding hydrogens is 276 g/mol. The summed E-state index contributed by atoms with van der Waals surface area (Å²) >= 11 is 0. The Morgan fingerprint density at radius 1 is 0.900 bits per heavy atom. The van der Waals surface area contributed by atoms with Gasteiger partial charge >= 0.3 is 0 Å². The van der Waals surface area contributed by atoms with Crippen molar-refractivity contribution in [3.8, 4) is 11.5 Å². The summed E-state index contributed by atoms with van der Waals surface area (Å²) in [5.74, 6) is -0.588. The number of hydrogen-bond acceptors (Lipinski definition) is 4. The second kappa shape index (κ2) is 4.83. The Balaban J connectivity index is 2.77. The van der Waals surface area contributed by atoms with Crippen molar-refractivity contribution in [1.82, 2.24) is 0 Å². The normalized spacial score (nSPS) is 11.6. The van der Waals surface area contributed by atoms with Crippen molar-refractivity contribution in [3.63, 3.8) is 0 Å². The molecule has 2 aromatic carbocycles. The Kier molecular flexibility index (Phi) is 3.48. The minimum absolute atomic E-state index is 0.156. The van der Waals surface area contributed by atoms with Crippen molar-refractivity contribution in [1.29, 1.82) is 0 Å². The van der Waals surface area contributed by atoms with E-state index in [1.165, 1.54) is 12.1 Å². The highest BCUT2D eigenvalue weighted by Gasteiger charge is 2.27. The van der Waals surface area contributed by atoms with E-state index >= 15 is 0 Å². The van der Waals surface area contributed by atoms with Crippen molar-refractivity contribution in [3.05, 3.63) is 47.0 Å². The van der Waals surface area contributed by atoms with Gasteiger partial charge in [-0.3, -0.25) is 0 Å². The fourth-order valence-corrected chi connectivity index (χ4v) is 3.78. The lowest BCUT2D eigenvalue weighted by Gasteiger charge is -2.13. The first-order valence-electron chi connectivity index (χ1n) is 6.09. The van der Waals surface area contributed by atoms with Crippen LogP contribution in [0.15, 0.2) is 40.1 Å². The number of benzene rings is 2. The number of aromatic hydroxyl groups is 2. The summed E-state index contributed by atoms with van der Waals surface area (Å²) in [5.41, 5.74) is 1.67. The molecule has 0 fully saturated rings. The molecule has 0 saturated carbocycles. The van der Waals surface area contributed by atoms with Gasteiger partial charge in [-0.15, -0.1) is 0 Å².